The molecule has 0 amide bonds. The number of hydrogen-bond donors (Lipinski definition) is 1. The van der Waals surface area contributed by atoms with Crippen LogP contribution in [0.25, 0.3) is 11.0 Å². The summed E-state index contributed by atoms with van der Waals surface area (Å²) in [5.41, 5.74) is 4.43. The number of pyridine rings is 1. The molecule has 28 heavy (non-hydrogen) atoms. The van der Waals surface area contributed by atoms with Gasteiger partial charge in [-0.25, -0.2) is 9.97 Å². The van der Waals surface area contributed by atoms with Crippen LogP contribution in [0.3, 0.4) is 0 Å². The second-order valence-corrected chi connectivity index (χ2v) is 7.24. The lowest BCUT2D eigenvalue weighted by Gasteiger charge is -2.36. The van der Waals surface area contributed by atoms with Gasteiger partial charge in [-0.15, -0.1) is 0 Å². The van der Waals surface area contributed by atoms with Gasteiger partial charge in [0.05, 0.1) is 16.7 Å². The number of fused-ring (bicyclic) bond motifs is 1. The molecule has 7 heteroatoms. The minimum absolute atomic E-state index is 0.116. The van der Waals surface area contributed by atoms with Crippen LogP contribution in [0, 0.1) is 12.9 Å². The minimum atomic E-state index is -0.397. The second kappa shape index (κ2) is 7.67. The molecule has 0 aliphatic carbocycles. The molecule has 1 aromatic carbocycles. The summed E-state index contributed by atoms with van der Waals surface area (Å²) in [4.78, 5) is 27.7. The molecule has 0 spiro atoms. The molecule has 4 rings (SSSR count). The summed E-state index contributed by atoms with van der Waals surface area (Å²) in [6.07, 6.45) is 0.619. The maximum Gasteiger partial charge on any atom is 0.270 e. The smallest absolute Gasteiger partial charge is 0.270 e. The van der Waals surface area contributed by atoms with Crippen LogP contribution in [-0.4, -0.2) is 46.0 Å². The molecule has 0 saturated carbocycles. The van der Waals surface area contributed by atoms with Crippen molar-refractivity contribution in [1.82, 2.24) is 19.9 Å². The van der Waals surface area contributed by atoms with Gasteiger partial charge >= 0.3 is 0 Å². The molecule has 1 saturated heterocycles. The number of nitrogens with zero attached hydrogens (tertiary/aromatic N) is 4. The van der Waals surface area contributed by atoms with Gasteiger partial charge in [-0.05, 0) is 43.2 Å². The first-order chi connectivity index (χ1) is 13.5. The van der Waals surface area contributed by atoms with Gasteiger partial charge in [0, 0.05) is 38.4 Å². The largest absolute Gasteiger partial charge is 0.365 e. The first-order valence-corrected chi connectivity index (χ1v) is 9.66. The van der Waals surface area contributed by atoms with Crippen LogP contribution in [0.2, 0.25) is 0 Å². The zero-order valence-corrected chi connectivity index (χ0v) is 16.2. The number of piperazine rings is 1. The molecule has 146 valence electrons. The lowest BCUT2D eigenvalue weighted by molar-refractivity contribution is 0.249. The van der Waals surface area contributed by atoms with Crippen molar-refractivity contribution < 1.29 is 4.39 Å². The van der Waals surface area contributed by atoms with Gasteiger partial charge < -0.3 is 9.88 Å². The normalized spacial score (nSPS) is 15.3. The highest BCUT2D eigenvalue weighted by atomic mass is 19.1. The van der Waals surface area contributed by atoms with Crippen molar-refractivity contribution in [2.75, 3.05) is 31.1 Å². The van der Waals surface area contributed by atoms with Gasteiger partial charge in [0.2, 0.25) is 5.95 Å². The minimum Gasteiger partial charge on any atom is -0.365 e. The third-order valence-electron chi connectivity index (χ3n) is 5.25. The number of aromatic nitrogens is 3. The van der Waals surface area contributed by atoms with Crippen molar-refractivity contribution in [1.29, 1.82) is 0 Å². The molecule has 1 fully saturated rings. The maximum absolute atomic E-state index is 14.1. The molecule has 1 aliphatic heterocycles. The Morgan fingerprint density at radius 2 is 1.89 bits per heavy atom. The average Bonchev–Trinajstić information content (AvgIpc) is 2.68. The Hall–Kier alpha value is -2.80. The molecule has 1 N–H and O–H groups in total. The maximum atomic E-state index is 14.1. The summed E-state index contributed by atoms with van der Waals surface area (Å²) in [7, 11) is 0. The summed E-state index contributed by atoms with van der Waals surface area (Å²) in [5, 5.41) is 0. The number of hydrogen-bond acceptors (Lipinski definition) is 5. The average molecular weight is 381 g/mol. The third kappa shape index (κ3) is 3.75. The molecule has 0 atom stereocenters. The van der Waals surface area contributed by atoms with Crippen molar-refractivity contribution in [2.24, 2.45) is 0 Å². The Labute approximate surface area is 163 Å². The fourth-order valence-corrected chi connectivity index (χ4v) is 3.67. The lowest BCUT2D eigenvalue weighted by Crippen LogP contribution is -2.46. The lowest BCUT2D eigenvalue weighted by atomic mass is 10.1. The van der Waals surface area contributed by atoms with Gasteiger partial charge in [0.25, 0.3) is 5.56 Å². The highest BCUT2D eigenvalue weighted by Crippen LogP contribution is 2.21. The fourth-order valence-electron chi connectivity index (χ4n) is 3.67. The molecule has 0 radical (unpaired) electrons. The van der Waals surface area contributed by atoms with Crippen LogP contribution in [0.5, 0.6) is 0 Å². The van der Waals surface area contributed by atoms with Crippen LogP contribution in [0.1, 0.15) is 23.9 Å². The van der Waals surface area contributed by atoms with Crippen molar-refractivity contribution >= 4 is 16.7 Å². The van der Waals surface area contributed by atoms with Crippen molar-refractivity contribution in [3.8, 4) is 0 Å². The van der Waals surface area contributed by atoms with Gasteiger partial charge in [0.15, 0.2) is 0 Å². The first kappa shape index (κ1) is 18.6. The summed E-state index contributed by atoms with van der Waals surface area (Å²) in [6, 6.07) is 9.68. The molecule has 0 bridgehead atoms. The highest BCUT2D eigenvalue weighted by Gasteiger charge is 2.20. The van der Waals surface area contributed by atoms with Crippen LogP contribution in [0.4, 0.5) is 10.1 Å². The molecule has 2 aromatic heterocycles. The van der Waals surface area contributed by atoms with Crippen LogP contribution >= 0.6 is 0 Å². The topological polar surface area (TPSA) is 65.1 Å². The van der Waals surface area contributed by atoms with E-state index in [1.165, 1.54) is 0 Å². The van der Waals surface area contributed by atoms with Crippen LogP contribution in [-0.2, 0) is 13.0 Å². The summed E-state index contributed by atoms with van der Waals surface area (Å²) in [6.45, 7) is 7.71. The van der Waals surface area contributed by atoms with Crippen molar-refractivity contribution in [3.05, 3.63) is 63.6 Å². The van der Waals surface area contributed by atoms with E-state index in [0.717, 1.165) is 49.3 Å². The Morgan fingerprint density at radius 3 is 2.61 bits per heavy atom. The van der Waals surface area contributed by atoms with Gasteiger partial charge in [-0.3, -0.25) is 9.69 Å². The van der Waals surface area contributed by atoms with E-state index >= 15 is 0 Å². The Kier molecular flexibility index (Phi) is 5.09. The molecule has 1 aliphatic rings. The molecular formula is C21H24FN5O. The van der Waals surface area contributed by atoms with Crippen molar-refractivity contribution in [2.45, 2.75) is 26.8 Å². The Balaban J connectivity index is 1.44. The van der Waals surface area contributed by atoms with Gasteiger partial charge in [-0.1, -0.05) is 13.0 Å². The van der Waals surface area contributed by atoms with Crippen LogP contribution < -0.4 is 10.5 Å². The quantitative estimate of drug-likeness (QED) is 0.704. The van der Waals surface area contributed by atoms with Crippen LogP contribution in [0.15, 0.2) is 35.1 Å². The third-order valence-corrected chi connectivity index (χ3v) is 5.25. The fraction of sp³-hybridized carbons (Fsp3) is 0.381. The Morgan fingerprint density at radius 1 is 1.11 bits per heavy atom. The molecule has 3 heterocycles. The van der Waals surface area contributed by atoms with E-state index in [1.54, 1.807) is 6.92 Å². The first-order valence-electron chi connectivity index (χ1n) is 9.66. The zero-order valence-electron chi connectivity index (χ0n) is 16.2. The highest BCUT2D eigenvalue weighted by molar-refractivity contribution is 5.74. The molecular weight excluding hydrogens is 357 g/mol. The number of nitrogens with one attached hydrogen (secondary N) is 1. The number of aryl methyl sites for hydroxylation is 2. The second-order valence-electron chi connectivity index (χ2n) is 7.24. The molecule has 3 aromatic rings. The van der Waals surface area contributed by atoms with E-state index in [9.17, 15) is 9.18 Å². The van der Waals surface area contributed by atoms with E-state index in [1.807, 2.05) is 36.1 Å². The van der Waals surface area contributed by atoms with E-state index in [0.29, 0.717) is 23.5 Å². The van der Waals surface area contributed by atoms with Gasteiger partial charge in [-0.2, -0.15) is 4.39 Å². The standard InChI is InChI=1S/C21H24FN5O/c1-3-16-21(28)25-18-12-15(5-6-17(18)24-16)13-26-8-10-27(11-9-26)19-7-4-14(2)23-20(19)22/h4-7,12H,3,8-11,13H2,1-2H3,(H,25,28). The number of anilines is 1. The van der Waals surface area contributed by atoms with E-state index in [4.69, 9.17) is 0 Å². The summed E-state index contributed by atoms with van der Waals surface area (Å²) in [5.74, 6) is -0.397. The predicted octanol–water partition coefficient (Wildman–Crippen LogP) is 2.65. The zero-order chi connectivity index (χ0) is 19.7. The van der Waals surface area contributed by atoms with Gasteiger partial charge in [0.1, 0.15) is 5.69 Å². The molecule has 0 unspecified atom stereocenters. The van der Waals surface area contributed by atoms with E-state index < -0.39 is 5.95 Å². The number of benzene rings is 1. The van der Waals surface area contributed by atoms with E-state index in [-0.39, 0.29) is 5.56 Å². The number of aromatic amines is 1. The molecule has 6 nitrogen and oxygen atoms in total. The van der Waals surface area contributed by atoms with E-state index in [2.05, 4.69) is 25.9 Å². The van der Waals surface area contributed by atoms with Crippen molar-refractivity contribution in [3.63, 3.8) is 0 Å². The number of rotatable bonds is 4. The summed E-state index contributed by atoms with van der Waals surface area (Å²) >= 11 is 0. The number of halogens is 1. The monoisotopic (exact) mass is 381 g/mol. The summed E-state index contributed by atoms with van der Waals surface area (Å²) < 4.78 is 14.1. The SMILES string of the molecule is CCc1nc2ccc(CN3CCN(c4ccc(C)nc4F)CC3)cc2[nH]c1=O. The Bertz CT molecular complexity index is 1060. The predicted molar refractivity (Wildman–Crippen MR) is 108 cm³/mol. The number of H-pyrrole nitrogens is 1.